The summed E-state index contributed by atoms with van der Waals surface area (Å²) in [5.41, 5.74) is 5.53. The fraction of sp³-hybridized carbons (Fsp3) is 0.786. The molecule has 0 aromatic carbocycles. The van der Waals surface area contributed by atoms with Crippen molar-refractivity contribution in [3.05, 3.63) is 0 Å². The number of hydrogen-bond donors (Lipinski definition) is 4. The maximum atomic E-state index is 12.2. The number of aliphatic carboxylic acids is 1. The summed E-state index contributed by atoms with van der Waals surface area (Å²) in [6.45, 7) is 1.58. The Morgan fingerprint density at radius 1 is 1.19 bits per heavy atom. The smallest absolute Gasteiger partial charge is 0.305 e. The maximum absolute atomic E-state index is 12.2. The molecule has 2 rings (SSSR count). The lowest BCUT2D eigenvalue weighted by Gasteiger charge is -2.22. The molecule has 118 valence electrons. The van der Waals surface area contributed by atoms with Gasteiger partial charge in [0.05, 0.1) is 12.5 Å². The van der Waals surface area contributed by atoms with Gasteiger partial charge in [-0.3, -0.25) is 14.4 Å². The highest BCUT2D eigenvalue weighted by atomic mass is 16.4. The number of hydrogen-bond acceptors (Lipinski definition) is 5. The van der Waals surface area contributed by atoms with Gasteiger partial charge in [0.2, 0.25) is 11.8 Å². The first-order valence-corrected chi connectivity index (χ1v) is 7.44. The second kappa shape index (κ2) is 6.43. The summed E-state index contributed by atoms with van der Waals surface area (Å²) in [6, 6.07) is -1.62. The van der Waals surface area contributed by atoms with E-state index in [2.05, 4.69) is 15.7 Å². The van der Waals surface area contributed by atoms with Crippen LogP contribution >= 0.6 is 0 Å². The number of carboxylic acids is 1. The molecule has 5 N–H and O–H groups in total. The van der Waals surface area contributed by atoms with E-state index in [1.807, 2.05) is 0 Å². The van der Waals surface area contributed by atoms with Crippen molar-refractivity contribution in [2.75, 3.05) is 0 Å². The molecular weight excluding hydrogens is 274 g/mol. The van der Waals surface area contributed by atoms with Crippen molar-refractivity contribution >= 4 is 17.8 Å². The van der Waals surface area contributed by atoms with Gasteiger partial charge in [0, 0.05) is 6.04 Å². The number of amides is 2. The fourth-order valence-electron chi connectivity index (χ4n) is 2.48. The first-order valence-electron chi connectivity index (χ1n) is 7.85. The lowest BCUT2D eigenvalue weighted by Crippen LogP contribution is -2.53. The van der Waals surface area contributed by atoms with Crippen LogP contribution in [-0.2, 0) is 14.4 Å². The fourth-order valence-corrected chi connectivity index (χ4v) is 2.48. The molecule has 7 nitrogen and oxygen atoms in total. The number of nitrogens with one attached hydrogen (secondary N) is 2. The third-order valence-electron chi connectivity index (χ3n) is 4.04. The minimum absolute atomic E-state index is 0.221. The number of carboxylic acid groups (broad SMARTS) is 1. The Kier molecular flexibility index (Phi) is 4.38. The number of nitrogens with two attached hydrogens (primary N) is 1. The number of rotatable bonds is 8. The summed E-state index contributed by atoms with van der Waals surface area (Å²) in [6.07, 6.45) is 4.23. The summed E-state index contributed by atoms with van der Waals surface area (Å²) in [5, 5.41) is 9.22. The summed E-state index contributed by atoms with van der Waals surface area (Å²) in [7, 11) is 0. The molecule has 2 fully saturated rings. The van der Waals surface area contributed by atoms with Gasteiger partial charge in [-0.2, -0.15) is 0 Å². The molecule has 0 saturated heterocycles. The second-order valence-corrected chi connectivity index (χ2v) is 6.12. The topological polar surface area (TPSA) is 122 Å². The molecule has 0 bridgehead atoms. The highest BCUT2D eigenvalue weighted by molar-refractivity contribution is 5.91. The number of carbonyl (C=O) groups excluding carboxylic acids is 2. The molecular formula is C14H23N3O4. The van der Waals surface area contributed by atoms with Crippen LogP contribution in [0.3, 0.4) is 0 Å². The predicted octanol–water partition coefficient (Wildman–Crippen LogP) is -0.402. The average molecular weight is 298 g/mol. The summed E-state index contributed by atoms with van der Waals surface area (Å²) < 4.78 is 6.42. The van der Waals surface area contributed by atoms with Crippen LogP contribution in [0.4, 0.5) is 0 Å². The Labute approximate surface area is 125 Å². The minimum atomic E-state index is -1.13. The molecule has 0 aromatic rings. The maximum Gasteiger partial charge on any atom is 0.305 e. The first kappa shape index (κ1) is 14.3. The van der Waals surface area contributed by atoms with E-state index in [1.165, 1.54) is 0 Å². The van der Waals surface area contributed by atoms with Gasteiger partial charge in [-0.05, 0) is 44.4 Å². The van der Waals surface area contributed by atoms with Gasteiger partial charge < -0.3 is 21.5 Å². The normalized spacial score (nSPS) is 21.2. The van der Waals surface area contributed by atoms with Gasteiger partial charge in [-0.25, -0.2) is 0 Å². The average Bonchev–Trinajstić information content (AvgIpc) is 3.37. The SMILES string of the molecule is [2H]OC(=O)C[C@H](N)C(=O)N[C@@H](C)C(=O)NC(C1CC1)C1CC1. The van der Waals surface area contributed by atoms with Crippen molar-refractivity contribution < 1.29 is 19.5 Å². The zero-order chi connectivity index (χ0) is 16.3. The van der Waals surface area contributed by atoms with Crippen molar-refractivity contribution in [1.29, 1.82) is 1.43 Å². The molecule has 0 unspecified atom stereocenters. The van der Waals surface area contributed by atoms with Crippen LogP contribution in [0.1, 0.15) is 39.0 Å². The molecule has 21 heavy (non-hydrogen) atoms. The third kappa shape index (κ3) is 4.70. The van der Waals surface area contributed by atoms with Gasteiger partial charge in [-0.15, -0.1) is 0 Å². The Morgan fingerprint density at radius 2 is 1.76 bits per heavy atom. The molecule has 7 heteroatoms. The Morgan fingerprint density at radius 3 is 2.24 bits per heavy atom. The molecule has 0 heterocycles. The van der Waals surface area contributed by atoms with E-state index in [0.717, 1.165) is 25.7 Å². The molecule has 0 aromatic heterocycles. The standard InChI is InChI=1S/C14H23N3O4/c1-7(16-14(21)10(15)6-11(18)19)13(20)17-12(8-2-3-8)9-4-5-9/h7-10,12H,2-6,15H2,1H3,(H,16,21)(H,17,20)(H,18,19)/t7-,10-/m0/s1/i/hD. The van der Waals surface area contributed by atoms with E-state index < -0.39 is 30.4 Å². The second-order valence-electron chi connectivity index (χ2n) is 6.12. The molecule has 2 aliphatic rings. The van der Waals surface area contributed by atoms with Gasteiger partial charge in [-0.1, -0.05) is 0 Å². The van der Waals surface area contributed by atoms with Gasteiger partial charge >= 0.3 is 5.97 Å². The van der Waals surface area contributed by atoms with E-state index in [4.69, 9.17) is 7.16 Å². The van der Waals surface area contributed by atoms with Crippen molar-refractivity contribution in [3.63, 3.8) is 0 Å². The lowest BCUT2D eigenvalue weighted by atomic mass is 10.1. The highest BCUT2D eigenvalue weighted by Gasteiger charge is 2.42. The molecule has 2 aliphatic carbocycles. The molecule has 0 spiro atoms. The molecule has 2 saturated carbocycles. The van der Waals surface area contributed by atoms with Crippen molar-refractivity contribution in [2.45, 2.75) is 57.2 Å². The molecule has 0 aliphatic heterocycles. The van der Waals surface area contributed by atoms with Gasteiger partial charge in [0.25, 0.3) is 1.43 Å². The van der Waals surface area contributed by atoms with Crippen molar-refractivity contribution in [2.24, 2.45) is 17.6 Å². The van der Waals surface area contributed by atoms with Crippen molar-refractivity contribution in [1.82, 2.24) is 10.6 Å². The van der Waals surface area contributed by atoms with E-state index >= 15 is 0 Å². The first-order chi connectivity index (χ1) is 10.4. The van der Waals surface area contributed by atoms with Crippen LogP contribution in [0.25, 0.3) is 1.43 Å². The van der Waals surface area contributed by atoms with Gasteiger partial charge in [0.1, 0.15) is 6.04 Å². The largest absolute Gasteiger partial charge is 0.481 e. The van der Waals surface area contributed by atoms with E-state index in [0.29, 0.717) is 11.8 Å². The van der Waals surface area contributed by atoms with Crippen LogP contribution in [0.5, 0.6) is 0 Å². The van der Waals surface area contributed by atoms with E-state index in [9.17, 15) is 14.4 Å². The summed E-state index contributed by atoms with van der Waals surface area (Å²) >= 11 is 0. The molecule has 2 atom stereocenters. The Bertz CT molecular complexity index is 439. The van der Waals surface area contributed by atoms with Crippen LogP contribution in [0, 0.1) is 11.8 Å². The zero-order valence-electron chi connectivity index (χ0n) is 13.1. The minimum Gasteiger partial charge on any atom is -0.481 e. The van der Waals surface area contributed by atoms with Gasteiger partial charge in [0.15, 0.2) is 0 Å². The van der Waals surface area contributed by atoms with Crippen LogP contribution < -0.4 is 16.4 Å². The van der Waals surface area contributed by atoms with Crippen LogP contribution in [0.15, 0.2) is 0 Å². The Hall–Kier alpha value is -1.63. The van der Waals surface area contributed by atoms with Crippen molar-refractivity contribution in [3.8, 4) is 0 Å². The highest BCUT2D eigenvalue weighted by Crippen LogP contribution is 2.44. The Balaban J connectivity index is 1.77. The monoisotopic (exact) mass is 298 g/mol. The summed E-state index contributed by atoms with van der Waals surface area (Å²) in [4.78, 5) is 34.9. The zero-order valence-corrected chi connectivity index (χ0v) is 12.1. The quantitative estimate of drug-likeness (QED) is 0.486. The molecule has 0 radical (unpaired) electrons. The van der Waals surface area contributed by atoms with Crippen LogP contribution in [0.2, 0.25) is 0 Å². The number of carbonyl (C=O) groups is 3. The third-order valence-corrected chi connectivity index (χ3v) is 4.04. The summed E-state index contributed by atoms with van der Waals surface area (Å²) in [5.74, 6) is -0.570. The predicted molar refractivity (Wildman–Crippen MR) is 75.2 cm³/mol. The van der Waals surface area contributed by atoms with Crippen LogP contribution in [-0.4, -0.2) is 41.0 Å². The lowest BCUT2D eigenvalue weighted by molar-refractivity contribution is -0.139. The van der Waals surface area contributed by atoms with E-state index in [1.54, 1.807) is 6.92 Å². The molecule has 2 amide bonds. The van der Waals surface area contributed by atoms with E-state index in [-0.39, 0.29) is 11.9 Å².